The van der Waals surface area contributed by atoms with E-state index in [-0.39, 0.29) is 17.6 Å². The van der Waals surface area contributed by atoms with Crippen molar-refractivity contribution >= 4 is 17.5 Å². The Morgan fingerprint density at radius 1 is 0.926 bits per heavy atom. The van der Waals surface area contributed by atoms with Gasteiger partial charge >= 0.3 is 5.91 Å². The Morgan fingerprint density at radius 2 is 1.67 bits per heavy atom. The first-order valence-electron chi connectivity index (χ1n) is 8.50. The van der Waals surface area contributed by atoms with Crippen molar-refractivity contribution < 1.29 is 14.3 Å². The Balaban J connectivity index is 1.70. The zero-order valence-electron chi connectivity index (χ0n) is 14.8. The second-order valence-corrected chi connectivity index (χ2v) is 6.05. The van der Waals surface area contributed by atoms with Crippen LogP contribution in [0.15, 0.2) is 79.0 Å². The van der Waals surface area contributed by atoms with Crippen molar-refractivity contribution in [3.05, 3.63) is 101 Å². The van der Waals surface area contributed by atoms with Gasteiger partial charge in [-0.2, -0.15) is 4.73 Å². The summed E-state index contributed by atoms with van der Waals surface area (Å²) in [7, 11) is 0. The number of amides is 2. The Labute approximate surface area is 157 Å². The van der Waals surface area contributed by atoms with Gasteiger partial charge in [0.15, 0.2) is 6.20 Å². The summed E-state index contributed by atoms with van der Waals surface area (Å²) < 4.78 is 0.526. The highest BCUT2D eigenvalue weighted by molar-refractivity contribution is 6.04. The normalized spacial score (nSPS) is 11.4. The van der Waals surface area contributed by atoms with Crippen LogP contribution in [-0.2, 0) is 0 Å². The predicted molar refractivity (Wildman–Crippen MR) is 102 cm³/mol. The van der Waals surface area contributed by atoms with Gasteiger partial charge in [-0.25, -0.2) is 0 Å². The van der Waals surface area contributed by atoms with E-state index in [1.807, 2.05) is 19.1 Å². The lowest BCUT2D eigenvalue weighted by molar-refractivity contribution is -0.607. The third-order valence-corrected chi connectivity index (χ3v) is 4.08. The number of carbonyl (C=O) groups excluding carboxylic acids is 2. The fraction of sp³-hybridized carbons (Fsp3) is 0.0952. The van der Waals surface area contributed by atoms with Crippen molar-refractivity contribution in [1.29, 1.82) is 0 Å². The maximum absolute atomic E-state index is 12.3. The van der Waals surface area contributed by atoms with E-state index >= 15 is 0 Å². The molecule has 0 aliphatic heterocycles. The number of carbonyl (C=O) groups is 2. The fourth-order valence-corrected chi connectivity index (χ4v) is 2.64. The van der Waals surface area contributed by atoms with Crippen molar-refractivity contribution in [2.24, 2.45) is 0 Å². The van der Waals surface area contributed by atoms with Gasteiger partial charge in [-0.05, 0) is 42.8 Å². The summed E-state index contributed by atoms with van der Waals surface area (Å²) in [6.45, 7) is 1.81. The second-order valence-electron chi connectivity index (χ2n) is 6.05. The molecule has 6 heteroatoms. The van der Waals surface area contributed by atoms with Gasteiger partial charge in [0.2, 0.25) is 0 Å². The van der Waals surface area contributed by atoms with Crippen LogP contribution < -0.4 is 15.4 Å². The number of rotatable bonds is 5. The first-order valence-corrected chi connectivity index (χ1v) is 8.50. The molecule has 0 bridgehead atoms. The number of nitrogens with zero attached hydrogens (tertiary/aromatic N) is 1. The number of nitrogens with one attached hydrogen (secondary N) is 2. The summed E-state index contributed by atoms with van der Waals surface area (Å²) in [5.74, 6) is -0.669. The molecule has 0 saturated heterocycles. The van der Waals surface area contributed by atoms with Crippen molar-refractivity contribution in [2.75, 3.05) is 5.32 Å². The summed E-state index contributed by atoms with van der Waals surface area (Å²) in [6, 6.07) is 20.5. The number of aromatic nitrogens is 1. The minimum absolute atomic E-state index is 0.0258. The zero-order chi connectivity index (χ0) is 19.2. The molecule has 2 amide bonds. The van der Waals surface area contributed by atoms with Crippen LogP contribution in [0.25, 0.3) is 0 Å². The molecular weight excluding hydrogens is 342 g/mol. The first kappa shape index (κ1) is 18.1. The number of anilines is 1. The van der Waals surface area contributed by atoms with Gasteiger partial charge in [0.1, 0.15) is 0 Å². The van der Waals surface area contributed by atoms with Gasteiger partial charge in [0.25, 0.3) is 11.6 Å². The lowest BCUT2D eigenvalue weighted by Crippen LogP contribution is -2.39. The zero-order valence-corrected chi connectivity index (χ0v) is 14.8. The number of hydrogen-bond donors (Lipinski definition) is 2. The molecule has 2 aromatic carbocycles. The van der Waals surface area contributed by atoms with Gasteiger partial charge in [0.05, 0.1) is 6.04 Å². The van der Waals surface area contributed by atoms with Crippen LogP contribution in [0.2, 0.25) is 0 Å². The molecule has 3 rings (SSSR count). The van der Waals surface area contributed by atoms with Crippen LogP contribution in [0.1, 0.15) is 39.4 Å². The van der Waals surface area contributed by atoms with E-state index in [2.05, 4.69) is 10.6 Å². The minimum Gasteiger partial charge on any atom is -0.618 e. The quantitative estimate of drug-likeness (QED) is 0.541. The molecule has 0 fully saturated rings. The van der Waals surface area contributed by atoms with Crippen LogP contribution in [0.5, 0.6) is 0 Å². The molecule has 0 radical (unpaired) electrons. The van der Waals surface area contributed by atoms with E-state index in [1.54, 1.807) is 54.6 Å². The lowest BCUT2D eigenvalue weighted by Gasteiger charge is -2.15. The monoisotopic (exact) mass is 361 g/mol. The average molecular weight is 361 g/mol. The lowest BCUT2D eigenvalue weighted by atomic mass is 10.1. The Morgan fingerprint density at radius 3 is 2.41 bits per heavy atom. The third-order valence-electron chi connectivity index (χ3n) is 4.08. The van der Waals surface area contributed by atoms with Crippen LogP contribution in [-0.4, -0.2) is 11.8 Å². The van der Waals surface area contributed by atoms with Crippen molar-refractivity contribution in [1.82, 2.24) is 5.32 Å². The summed E-state index contributed by atoms with van der Waals surface area (Å²) in [5, 5.41) is 17.3. The summed E-state index contributed by atoms with van der Waals surface area (Å²) in [6.07, 6.45) is 1.28. The molecule has 1 heterocycles. The number of pyridine rings is 1. The molecule has 3 aromatic rings. The van der Waals surface area contributed by atoms with Crippen molar-refractivity contribution in [3.8, 4) is 0 Å². The van der Waals surface area contributed by atoms with Crippen LogP contribution >= 0.6 is 0 Å². The van der Waals surface area contributed by atoms with Gasteiger partial charge < -0.3 is 15.8 Å². The maximum Gasteiger partial charge on any atom is 0.317 e. The van der Waals surface area contributed by atoms with Crippen LogP contribution in [0.4, 0.5) is 5.69 Å². The number of hydrogen-bond acceptors (Lipinski definition) is 3. The smallest absolute Gasteiger partial charge is 0.317 e. The van der Waals surface area contributed by atoms with Gasteiger partial charge in [-0.15, -0.1) is 0 Å². The van der Waals surface area contributed by atoms with E-state index in [0.29, 0.717) is 16.0 Å². The summed E-state index contributed by atoms with van der Waals surface area (Å²) in [4.78, 5) is 24.6. The Hall–Kier alpha value is -3.67. The van der Waals surface area contributed by atoms with Crippen LogP contribution in [0.3, 0.4) is 0 Å². The van der Waals surface area contributed by atoms with Gasteiger partial charge in [-0.1, -0.05) is 30.3 Å². The standard InChI is InChI=1S/C21H19N3O3/c1-15(22-21(26)19-12-5-6-13-24(19)27)17-10-7-11-18(14-17)23-20(25)16-8-3-2-4-9-16/h2-15H,1H3,(H,22,26)(H,23,25). The molecular formula is C21H19N3O3. The van der Waals surface area contributed by atoms with Gasteiger partial charge in [0, 0.05) is 23.4 Å². The SMILES string of the molecule is CC(NC(=O)c1cccc[n+]1[O-])c1cccc(NC(=O)c2ccccc2)c1. The van der Waals surface area contributed by atoms with Crippen LogP contribution in [0, 0.1) is 5.21 Å². The second kappa shape index (κ2) is 8.14. The van der Waals surface area contributed by atoms with Gasteiger partial charge in [-0.3, -0.25) is 9.59 Å². The topological polar surface area (TPSA) is 85.1 Å². The molecule has 0 saturated carbocycles. The maximum atomic E-state index is 12.3. The third kappa shape index (κ3) is 4.49. The molecule has 0 spiro atoms. The van der Waals surface area contributed by atoms with Crippen molar-refractivity contribution in [2.45, 2.75) is 13.0 Å². The minimum atomic E-state index is -0.461. The molecule has 1 atom stereocenters. The highest BCUT2D eigenvalue weighted by Crippen LogP contribution is 2.18. The van der Waals surface area contributed by atoms with E-state index < -0.39 is 5.91 Å². The highest BCUT2D eigenvalue weighted by Gasteiger charge is 2.18. The Kier molecular flexibility index (Phi) is 5.47. The summed E-state index contributed by atoms with van der Waals surface area (Å²) in [5.41, 5.74) is 2.02. The van der Waals surface area contributed by atoms with E-state index in [4.69, 9.17) is 0 Å². The predicted octanol–water partition coefficient (Wildman–Crippen LogP) is 3.06. The molecule has 0 aliphatic carbocycles. The van der Waals surface area contributed by atoms with E-state index in [1.165, 1.54) is 12.3 Å². The van der Waals surface area contributed by atoms with E-state index in [0.717, 1.165) is 5.56 Å². The molecule has 27 heavy (non-hydrogen) atoms. The summed E-state index contributed by atoms with van der Waals surface area (Å²) >= 11 is 0. The average Bonchev–Trinajstić information content (AvgIpc) is 2.69. The largest absolute Gasteiger partial charge is 0.618 e. The number of benzene rings is 2. The molecule has 1 aromatic heterocycles. The molecule has 1 unspecified atom stereocenters. The highest BCUT2D eigenvalue weighted by atomic mass is 16.5. The Bertz CT molecular complexity index is 958. The molecule has 136 valence electrons. The molecule has 6 nitrogen and oxygen atoms in total. The first-order chi connectivity index (χ1) is 13.0. The molecule has 0 aliphatic rings. The van der Waals surface area contributed by atoms with Crippen molar-refractivity contribution in [3.63, 3.8) is 0 Å². The fourth-order valence-electron chi connectivity index (χ4n) is 2.64. The van der Waals surface area contributed by atoms with E-state index in [9.17, 15) is 14.8 Å². The molecule has 2 N–H and O–H groups in total.